The molecular formula is C11H12ClN3. The van der Waals surface area contributed by atoms with Crippen molar-refractivity contribution in [3.8, 4) is 0 Å². The molecule has 0 spiro atoms. The Hall–Kier alpha value is -1.06. The number of pyridine rings is 1. The number of nitrogens with zero attached hydrogens (tertiary/aromatic N) is 3. The lowest BCUT2D eigenvalue weighted by molar-refractivity contribution is 0.307. The van der Waals surface area contributed by atoms with Gasteiger partial charge in [-0.1, -0.05) is 11.6 Å². The van der Waals surface area contributed by atoms with Gasteiger partial charge in [0, 0.05) is 31.4 Å². The molecule has 0 fully saturated rings. The Bertz CT molecular complexity index is 518. The molecule has 3 heterocycles. The highest BCUT2D eigenvalue weighted by molar-refractivity contribution is 6.33. The van der Waals surface area contributed by atoms with E-state index in [2.05, 4.69) is 21.3 Å². The molecule has 3 nitrogen and oxygen atoms in total. The first kappa shape index (κ1) is 9.19. The van der Waals surface area contributed by atoms with Crippen molar-refractivity contribution in [2.24, 2.45) is 0 Å². The zero-order valence-electron chi connectivity index (χ0n) is 8.57. The Kier molecular flexibility index (Phi) is 1.97. The van der Waals surface area contributed by atoms with E-state index in [1.807, 2.05) is 18.3 Å². The van der Waals surface area contributed by atoms with Crippen molar-refractivity contribution in [1.82, 2.24) is 14.3 Å². The molecule has 78 valence electrons. The van der Waals surface area contributed by atoms with Crippen LogP contribution in [0, 0.1) is 0 Å². The summed E-state index contributed by atoms with van der Waals surface area (Å²) < 4.78 is 2.12. The molecule has 0 unspecified atom stereocenters. The average Bonchev–Trinajstić information content (AvgIpc) is 2.57. The number of halogens is 1. The van der Waals surface area contributed by atoms with Gasteiger partial charge in [0.05, 0.1) is 10.7 Å². The van der Waals surface area contributed by atoms with Gasteiger partial charge in [-0.05, 0) is 19.2 Å². The van der Waals surface area contributed by atoms with E-state index in [1.54, 1.807) is 0 Å². The number of imidazole rings is 1. The molecule has 0 amide bonds. The molecule has 0 aromatic carbocycles. The minimum absolute atomic E-state index is 0.731. The summed E-state index contributed by atoms with van der Waals surface area (Å²) in [6.45, 7) is 2.01. The van der Waals surface area contributed by atoms with E-state index in [1.165, 1.54) is 5.69 Å². The van der Waals surface area contributed by atoms with Gasteiger partial charge in [0.2, 0.25) is 0 Å². The van der Waals surface area contributed by atoms with Crippen LogP contribution in [-0.2, 0) is 13.0 Å². The molecule has 0 aliphatic carbocycles. The highest BCUT2D eigenvalue weighted by atomic mass is 35.5. The molecule has 0 N–H and O–H groups in total. The van der Waals surface area contributed by atoms with E-state index < -0.39 is 0 Å². The topological polar surface area (TPSA) is 20.5 Å². The molecule has 2 aromatic rings. The van der Waals surface area contributed by atoms with Gasteiger partial charge in [-0.2, -0.15) is 0 Å². The van der Waals surface area contributed by atoms with Crippen molar-refractivity contribution in [3.05, 3.63) is 34.7 Å². The summed E-state index contributed by atoms with van der Waals surface area (Å²) in [5.41, 5.74) is 3.36. The summed E-state index contributed by atoms with van der Waals surface area (Å²) in [4.78, 5) is 6.87. The van der Waals surface area contributed by atoms with Crippen molar-refractivity contribution in [3.63, 3.8) is 0 Å². The predicted molar refractivity (Wildman–Crippen MR) is 60.2 cm³/mol. The first-order valence-electron chi connectivity index (χ1n) is 5.08. The second-order valence-corrected chi connectivity index (χ2v) is 4.45. The molecule has 0 atom stereocenters. The monoisotopic (exact) mass is 221 g/mol. The van der Waals surface area contributed by atoms with Crippen LogP contribution >= 0.6 is 11.6 Å². The van der Waals surface area contributed by atoms with Crippen LogP contribution in [-0.4, -0.2) is 27.9 Å². The van der Waals surface area contributed by atoms with Gasteiger partial charge in [0.15, 0.2) is 5.65 Å². The largest absolute Gasteiger partial charge is 0.302 e. The fourth-order valence-electron chi connectivity index (χ4n) is 2.15. The van der Waals surface area contributed by atoms with E-state index in [0.717, 1.165) is 35.9 Å². The number of fused-ring (bicyclic) bond motifs is 3. The van der Waals surface area contributed by atoms with Crippen molar-refractivity contribution in [2.45, 2.75) is 13.0 Å². The smallest absolute Gasteiger partial charge is 0.156 e. The fraction of sp³-hybridized carbons (Fsp3) is 0.364. The van der Waals surface area contributed by atoms with Crippen LogP contribution in [0.5, 0.6) is 0 Å². The minimum Gasteiger partial charge on any atom is -0.302 e. The third-order valence-electron chi connectivity index (χ3n) is 2.93. The summed E-state index contributed by atoms with van der Waals surface area (Å²) >= 11 is 6.12. The predicted octanol–water partition coefficient (Wildman–Crippen LogP) is 1.98. The highest BCUT2D eigenvalue weighted by Gasteiger charge is 2.19. The lowest BCUT2D eigenvalue weighted by Gasteiger charge is -2.21. The number of rotatable bonds is 0. The summed E-state index contributed by atoms with van der Waals surface area (Å²) in [7, 11) is 2.12. The van der Waals surface area contributed by atoms with Crippen LogP contribution in [0.15, 0.2) is 18.3 Å². The summed E-state index contributed by atoms with van der Waals surface area (Å²) in [5.74, 6) is 0. The van der Waals surface area contributed by atoms with Crippen LogP contribution in [0.2, 0.25) is 5.02 Å². The van der Waals surface area contributed by atoms with E-state index in [0.29, 0.717) is 0 Å². The van der Waals surface area contributed by atoms with Gasteiger partial charge in [-0.15, -0.1) is 0 Å². The standard InChI is InChI=1S/C11H12ClN3/c1-14-6-4-10-9(7-14)13-11-8(12)3-2-5-15(10)11/h2-3,5H,4,6-7H2,1H3. The average molecular weight is 222 g/mol. The van der Waals surface area contributed by atoms with Crippen LogP contribution < -0.4 is 0 Å². The highest BCUT2D eigenvalue weighted by Crippen LogP contribution is 2.23. The van der Waals surface area contributed by atoms with Crippen molar-refractivity contribution in [1.29, 1.82) is 0 Å². The third-order valence-corrected chi connectivity index (χ3v) is 3.23. The van der Waals surface area contributed by atoms with Gasteiger partial charge in [0.25, 0.3) is 0 Å². The molecule has 2 aromatic heterocycles. The van der Waals surface area contributed by atoms with Crippen molar-refractivity contribution < 1.29 is 0 Å². The zero-order valence-corrected chi connectivity index (χ0v) is 9.33. The first-order chi connectivity index (χ1) is 7.25. The van der Waals surface area contributed by atoms with E-state index in [-0.39, 0.29) is 0 Å². The fourth-order valence-corrected chi connectivity index (χ4v) is 2.36. The van der Waals surface area contributed by atoms with Gasteiger partial charge in [-0.3, -0.25) is 0 Å². The second-order valence-electron chi connectivity index (χ2n) is 4.04. The Balaban J connectivity index is 2.27. The van der Waals surface area contributed by atoms with E-state index in [4.69, 9.17) is 11.6 Å². The lowest BCUT2D eigenvalue weighted by Crippen LogP contribution is -2.26. The third kappa shape index (κ3) is 1.34. The molecule has 0 radical (unpaired) electrons. The number of hydrogen-bond acceptors (Lipinski definition) is 2. The maximum Gasteiger partial charge on any atom is 0.156 e. The maximum absolute atomic E-state index is 6.12. The molecule has 0 bridgehead atoms. The Morgan fingerprint density at radius 3 is 3.20 bits per heavy atom. The van der Waals surface area contributed by atoms with Crippen LogP contribution in [0.1, 0.15) is 11.4 Å². The van der Waals surface area contributed by atoms with Crippen LogP contribution in [0.3, 0.4) is 0 Å². The second kappa shape index (κ2) is 3.22. The van der Waals surface area contributed by atoms with Gasteiger partial charge in [0.1, 0.15) is 0 Å². The SMILES string of the molecule is CN1CCc2c(nc3c(Cl)cccn23)C1. The van der Waals surface area contributed by atoms with Crippen LogP contribution in [0.25, 0.3) is 5.65 Å². The van der Waals surface area contributed by atoms with E-state index in [9.17, 15) is 0 Å². The normalized spacial score (nSPS) is 16.9. The molecule has 3 rings (SSSR count). The van der Waals surface area contributed by atoms with Gasteiger partial charge in [-0.25, -0.2) is 4.98 Å². The van der Waals surface area contributed by atoms with Gasteiger partial charge < -0.3 is 9.30 Å². The quantitative estimate of drug-likeness (QED) is 0.678. The number of aromatic nitrogens is 2. The van der Waals surface area contributed by atoms with Gasteiger partial charge >= 0.3 is 0 Å². The first-order valence-corrected chi connectivity index (χ1v) is 5.46. The number of likely N-dealkylation sites (N-methyl/N-ethyl adjacent to an activating group) is 1. The molecule has 15 heavy (non-hydrogen) atoms. The van der Waals surface area contributed by atoms with E-state index >= 15 is 0 Å². The summed E-state index contributed by atoms with van der Waals surface area (Å²) in [6.07, 6.45) is 3.09. The Morgan fingerprint density at radius 1 is 1.47 bits per heavy atom. The molecule has 0 saturated carbocycles. The zero-order chi connectivity index (χ0) is 10.4. The molecule has 1 aliphatic heterocycles. The van der Waals surface area contributed by atoms with Crippen molar-refractivity contribution >= 4 is 17.2 Å². The van der Waals surface area contributed by atoms with Crippen molar-refractivity contribution in [2.75, 3.05) is 13.6 Å². The summed E-state index contributed by atoms with van der Waals surface area (Å²) in [6, 6.07) is 3.86. The maximum atomic E-state index is 6.12. The molecular weight excluding hydrogens is 210 g/mol. The van der Waals surface area contributed by atoms with Crippen LogP contribution in [0.4, 0.5) is 0 Å². The molecule has 0 saturated heterocycles. The Labute approximate surface area is 93.3 Å². The molecule has 1 aliphatic rings. The summed E-state index contributed by atoms with van der Waals surface area (Å²) in [5, 5.41) is 0.731. The minimum atomic E-state index is 0.731. The number of hydrogen-bond donors (Lipinski definition) is 0. The molecule has 4 heteroatoms. The lowest BCUT2D eigenvalue weighted by atomic mass is 10.1. The Morgan fingerprint density at radius 2 is 2.33 bits per heavy atom.